The van der Waals surface area contributed by atoms with Crippen molar-refractivity contribution < 1.29 is 9.59 Å². The predicted octanol–water partition coefficient (Wildman–Crippen LogP) is 3.30. The summed E-state index contributed by atoms with van der Waals surface area (Å²) < 4.78 is 1.77. The van der Waals surface area contributed by atoms with E-state index in [1.165, 1.54) is 6.92 Å². The molecule has 80 valence electrons. The van der Waals surface area contributed by atoms with Crippen LogP contribution >= 0.6 is 31.9 Å². The monoisotopic (exact) mass is 332 g/mol. The SMILES string of the molecule is CC(=O)CC(=O)Cc1c(Br)cccc1Br. The first-order valence-electron chi connectivity index (χ1n) is 4.44. The van der Waals surface area contributed by atoms with Crippen LogP contribution in [0.2, 0.25) is 0 Å². The highest BCUT2D eigenvalue weighted by Crippen LogP contribution is 2.25. The number of halogens is 2. The molecule has 0 bridgehead atoms. The van der Waals surface area contributed by atoms with Gasteiger partial charge in [0.15, 0.2) is 0 Å². The molecule has 0 fully saturated rings. The normalized spacial score (nSPS) is 10.1. The molecule has 4 heteroatoms. The molecule has 0 amide bonds. The van der Waals surface area contributed by atoms with E-state index in [4.69, 9.17) is 0 Å². The van der Waals surface area contributed by atoms with Gasteiger partial charge in [-0.25, -0.2) is 0 Å². The molecule has 0 N–H and O–H groups in total. The number of ketones is 2. The third-order valence-electron chi connectivity index (χ3n) is 1.88. The Kier molecular flexibility index (Phi) is 4.67. The van der Waals surface area contributed by atoms with Crippen LogP contribution in [-0.4, -0.2) is 11.6 Å². The number of Topliss-reactive ketones (excluding diaryl/α,β-unsaturated/α-hetero) is 2. The zero-order chi connectivity index (χ0) is 11.4. The summed E-state index contributed by atoms with van der Waals surface area (Å²) in [5, 5.41) is 0. The fourth-order valence-electron chi connectivity index (χ4n) is 1.24. The Labute approximate surface area is 105 Å². The molecular weight excluding hydrogens is 324 g/mol. The fourth-order valence-corrected chi connectivity index (χ4v) is 2.52. The first-order valence-corrected chi connectivity index (χ1v) is 6.03. The zero-order valence-electron chi connectivity index (χ0n) is 8.22. The van der Waals surface area contributed by atoms with Gasteiger partial charge in [0.05, 0.1) is 6.42 Å². The summed E-state index contributed by atoms with van der Waals surface area (Å²) in [6, 6.07) is 5.63. The van der Waals surface area contributed by atoms with Crippen LogP contribution in [0.15, 0.2) is 27.1 Å². The lowest BCUT2D eigenvalue weighted by molar-refractivity contribution is -0.125. The molecule has 0 aliphatic heterocycles. The summed E-state index contributed by atoms with van der Waals surface area (Å²) in [5.41, 5.74) is 0.892. The highest BCUT2D eigenvalue weighted by atomic mass is 79.9. The minimum Gasteiger partial charge on any atom is -0.300 e. The molecule has 0 unspecified atom stereocenters. The molecule has 2 nitrogen and oxygen atoms in total. The summed E-state index contributed by atoms with van der Waals surface area (Å²) in [4.78, 5) is 22.2. The van der Waals surface area contributed by atoms with Crippen LogP contribution in [0.1, 0.15) is 18.9 Å². The number of carbonyl (C=O) groups is 2. The van der Waals surface area contributed by atoms with Gasteiger partial charge in [-0.1, -0.05) is 37.9 Å². The molecule has 0 aromatic heterocycles. The second-order valence-electron chi connectivity index (χ2n) is 3.29. The van der Waals surface area contributed by atoms with E-state index in [9.17, 15) is 9.59 Å². The molecule has 0 heterocycles. The smallest absolute Gasteiger partial charge is 0.144 e. The van der Waals surface area contributed by atoms with E-state index in [0.29, 0.717) is 0 Å². The van der Waals surface area contributed by atoms with Gasteiger partial charge in [0.1, 0.15) is 11.6 Å². The maximum Gasteiger partial charge on any atom is 0.144 e. The van der Waals surface area contributed by atoms with Gasteiger partial charge in [-0.2, -0.15) is 0 Å². The predicted molar refractivity (Wildman–Crippen MR) is 65.9 cm³/mol. The van der Waals surface area contributed by atoms with Crippen molar-refractivity contribution >= 4 is 43.4 Å². The van der Waals surface area contributed by atoms with Crippen molar-refractivity contribution in [3.63, 3.8) is 0 Å². The number of rotatable bonds is 4. The number of hydrogen-bond donors (Lipinski definition) is 0. The molecule has 1 aromatic rings. The van der Waals surface area contributed by atoms with E-state index in [-0.39, 0.29) is 24.4 Å². The molecule has 0 spiro atoms. The largest absolute Gasteiger partial charge is 0.300 e. The van der Waals surface area contributed by atoms with Crippen LogP contribution in [0.4, 0.5) is 0 Å². The van der Waals surface area contributed by atoms with Crippen molar-refractivity contribution in [3.05, 3.63) is 32.7 Å². The minimum atomic E-state index is -0.0943. The van der Waals surface area contributed by atoms with Crippen LogP contribution < -0.4 is 0 Å². The first-order chi connectivity index (χ1) is 7.00. The zero-order valence-corrected chi connectivity index (χ0v) is 11.4. The molecule has 1 aromatic carbocycles. The fraction of sp³-hybridized carbons (Fsp3) is 0.273. The van der Waals surface area contributed by atoms with Gasteiger partial charge in [-0.05, 0) is 24.6 Å². The lowest BCUT2D eigenvalue weighted by atomic mass is 10.1. The van der Waals surface area contributed by atoms with Crippen molar-refractivity contribution in [2.45, 2.75) is 19.8 Å². The molecular formula is C11H10Br2O2. The minimum absolute atomic E-state index is 0.00771. The average molecular weight is 334 g/mol. The molecule has 0 aliphatic rings. The Bertz CT molecular complexity index is 379. The van der Waals surface area contributed by atoms with Gasteiger partial charge in [0.25, 0.3) is 0 Å². The molecule has 0 radical (unpaired) electrons. The summed E-state index contributed by atoms with van der Waals surface area (Å²) in [5.74, 6) is -0.154. The van der Waals surface area contributed by atoms with E-state index in [0.717, 1.165) is 14.5 Å². The van der Waals surface area contributed by atoms with E-state index >= 15 is 0 Å². The second-order valence-corrected chi connectivity index (χ2v) is 5.00. The Morgan fingerprint density at radius 3 is 2.20 bits per heavy atom. The van der Waals surface area contributed by atoms with Gasteiger partial charge in [0, 0.05) is 15.4 Å². The maximum absolute atomic E-state index is 11.5. The first kappa shape index (κ1) is 12.6. The van der Waals surface area contributed by atoms with E-state index in [1.54, 1.807) is 0 Å². The standard InChI is InChI=1S/C11H10Br2O2/c1-7(14)5-8(15)6-9-10(12)3-2-4-11(9)13/h2-4H,5-6H2,1H3. The Morgan fingerprint density at radius 1 is 1.20 bits per heavy atom. The second kappa shape index (κ2) is 5.56. The number of benzene rings is 1. The van der Waals surface area contributed by atoms with Gasteiger partial charge < -0.3 is 0 Å². The van der Waals surface area contributed by atoms with Crippen LogP contribution in [0.5, 0.6) is 0 Å². The topological polar surface area (TPSA) is 34.1 Å². The molecule has 0 atom stereocenters. The molecule has 0 saturated heterocycles. The summed E-state index contributed by atoms with van der Waals surface area (Å²) in [6.45, 7) is 1.42. The van der Waals surface area contributed by atoms with Crippen LogP contribution in [0.3, 0.4) is 0 Å². The van der Waals surface area contributed by atoms with Crippen LogP contribution in [0, 0.1) is 0 Å². The third kappa shape index (κ3) is 3.87. The van der Waals surface area contributed by atoms with Crippen molar-refractivity contribution in [3.8, 4) is 0 Å². The molecule has 15 heavy (non-hydrogen) atoms. The van der Waals surface area contributed by atoms with Gasteiger partial charge >= 0.3 is 0 Å². The van der Waals surface area contributed by atoms with Crippen molar-refractivity contribution in [1.29, 1.82) is 0 Å². The third-order valence-corrected chi connectivity index (χ3v) is 3.37. The molecule has 0 aliphatic carbocycles. The van der Waals surface area contributed by atoms with Crippen molar-refractivity contribution in [2.24, 2.45) is 0 Å². The lowest BCUT2D eigenvalue weighted by Gasteiger charge is -2.05. The highest BCUT2D eigenvalue weighted by molar-refractivity contribution is 9.11. The average Bonchev–Trinajstić information content (AvgIpc) is 2.10. The quantitative estimate of drug-likeness (QED) is 0.792. The summed E-state index contributed by atoms with van der Waals surface area (Å²) >= 11 is 6.75. The Balaban J connectivity index is 2.80. The van der Waals surface area contributed by atoms with Crippen molar-refractivity contribution in [2.75, 3.05) is 0 Å². The van der Waals surface area contributed by atoms with E-state index in [2.05, 4.69) is 31.9 Å². The number of hydrogen-bond acceptors (Lipinski definition) is 2. The summed E-state index contributed by atoms with van der Waals surface area (Å²) in [7, 11) is 0. The Morgan fingerprint density at radius 2 is 1.73 bits per heavy atom. The van der Waals surface area contributed by atoms with Crippen LogP contribution in [-0.2, 0) is 16.0 Å². The van der Waals surface area contributed by atoms with Gasteiger partial charge in [-0.3, -0.25) is 9.59 Å². The van der Waals surface area contributed by atoms with E-state index in [1.807, 2.05) is 18.2 Å². The Hall–Kier alpha value is -0.480. The van der Waals surface area contributed by atoms with E-state index < -0.39 is 0 Å². The van der Waals surface area contributed by atoms with Crippen LogP contribution in [0.25, 0.3) is 0 Å². The highest BCUT2D eigenvalue weighted by Gasteiger charge is 2.11. The lowest BCUT2D eigenvalue weighted by Crippen LogP contribution is -2.08. The van der Waals surface area contributed by atoms with Crippen molar-refractivity contribution in [1.82, 2.24) is 0 Å². The van der Waals surface area contributed by atoms with Gasteiger partial charge in [-0.15, -0.1) is 0 Å². The maximum atomic E-state index is 11.5. The summed E-state index contributed by atoms with van der Waals surface area (Å²) in [6.07, 6.45) is 0.287. The molecule has 1 rings (SSSR count). The number of carbonyl (C=O) groups excluding carboxylic acids is 2. The molecule has 0 saturated carbocycles. The van der Waals surface area contributed by atoms with Gasteiger partial charge in [0.2, 0.25) is 0 Å².